The summed E-state index contributed by atoms with van der Waals surface area (Å²) in [6, 6.07) is 7.31. The number of aromatic nitrogens is 1. The molecular formula is C14H13ClN2O3S. The Morgan fingerprint density at radius 2 is 2.14 bits per heavy atom. The third-order valence-corrected chi connectivity index (χ3v) is 4.04. The number of nitrogens with zero attached hydrogens (tertiary/aromatic N) is 1. The maximum absolute atomic E-state index is 11.9. The molecule has 0 spiro atoms. The van der Waals surface area contributed by atoms with Crippen LogP contribution in [0.5, 0.6) is 0 Å². The van der Waals surface area contributed by atoms with Gasteiger partial charge in [-0.15, -0.1) is 11.3 Å². The smallest absolute Gasteiger partial charge is 0.307 e. The number of benzene rings is 1. The van der Waals surface area contributed by atoms with Gasteiger partial charge in [0.1, 0.15) is 9.88 Å². The summed E-state index contributed by atoms with van der Waals surface area (Å²) in [5.41, 5.74) is 0.790. The molecular weight excluding hydrogens is 312 g/mol. The van der Waals surface area contributed by atoms with E-state index in [9.17, 15) is 9.59 Å². The van der Waals surface area contributed by atoms with Crippen molar-refractivity contribution in [3.63, 3.8) is 0 Å². The van der Waals surface area contributed by atoms with E-state index in [1.54, 1.807) is 6.07 Å². The third kappa shape index (κ3) is 4.03. The van der Waals surface area contributed by atoms with Crippen molar-refractivity contribution in [1.82, 2.24) is 10.3 Å². The van der Waals surface area contributed by atoms with Crippen LogP contribution in [0, 0.1) is 0 Å². The van der Waals surface area contributed by atoms with Crippen LogP contribution in [-0.4, -0.2) is 30.5 Å². The fourth-order valence-electron chi connectivity index (χ4n) is 1.61. The van der Waals surface area contributed by atoms with Crippen LogP contribution < -0.4 is 5.32 Å². The minimum atomic E-state index is -0.364. The van der Waals surface area contributed by atoms with Gasteiger partial charge in [-0.3, -0.25) is 9.59 Å². The van der Waals surface area contributed by atoms with Crippen LogP contribution in [0.1, 0.15) is 16.1 Å². The number of hydrogen-bond donors (Lipinski definition) is 1. The van der Waals surface area contributed by atoms with Crippen molar-refractivity contribution < 1.29 is 14.3 Å². The predicted octanol–water partition coefficient (Wildman–Crippen LogP) is 2.76. The standard InChI is InChI=1S/C14H13ClN2O3S/c1-20-12(18)6-7-16-13(19)11-8-17-14(21-11)9-4-2-3-5-10(9)15/h2-5,8H,6-7H2,1H3,(H,16,19). The summed E-state index contributed by atoms with van der Waals surface area (Å²) < 4.78 is 4.50. The molecule has 2 aromatic rings. The maximum atomic E-state index is 11.9. The predicted molar refractivity (Wildman–Crippen MR) is 81.5 cm³/mol. The Morgan fingerprint density at radius 1 is 1.38 bits per heavy atom. The number of carbonyl (C=O) groups is 2. The topological polar surface area (TPSA) is 68.3 Å². The van der Waals surface area contributed by atoms with E-state index in [2.05, 4.69) is 15.0 Å². The highest BCUT2D eigenvalue weighted by atomic mass is 35.5. The second-order valence-electron chi connectivity index (χ2n) is 4.09. The van der Waals surface area contributed by atoms with Crippen molar-refractivity contribution >= 4 is 34.8 Å². The van der Waals surface area contributed by atoms with Crippen molar-refractivity contribution in [2.45, 2.75) is 6.42 Å². The Morgan fingerprint density at radius 3 is 2.86 bits per heavy atom. The SMILES string of the molecule is COC(=O)CCNC(=O)c1cnc(-c2ccccc2Cl)s1. The lowest BCUT2D eigenvalue weighted by molar-refractivity contribution is -0.140. The van der Waals surface area contributed by atoms with Gasteiger partial charge in [0.2, 0.25) is 0 Å². The van der Waals surface area contributed by atoms with Crippen LogP contribution >= 0.6 is 22.9 Å². The van der Waals surface area contributed by atoms with Gasteiger partial charge in [0, 0.05) is 12.1 Å². The Bertz CT molecular complexity index is 657. The average Bonchev–Trinajstić information content (AvgIpc) is 2.97. The molecule has 0 radical (unpaired) electrons. The van der Waals surface area contributed by atoms with Crippen LogP contribution in [0.4, 0.5) is 0 Å². The summed E-state index contributed by atoms with van der Waals surface area (Å²) in [5, 5.41) is 3.91. The van der Waals surface area contributed by atoms with Crippen LogP contribution in [0.3, 0.4) is 0 Å². The van der Waals surface area contributed by atoms with Gasteiger partial charge in [0.25, 0.3) is 5.91 Å². The quantitative estimate of drug-likeness (QED) is 0.859. The first-order valence-corrected chi connectivity index (χ1v) is 7.37. The van der Waals surface area contributed by atoms with E-state index in [-0.39, 0.29) is 24.8 Å². The minimum absolute atomic E-state index is 0.137. The normalized spacial score (nSPS) is 10.2. The molecule has 5 nitrogen and oxygen atoms in total. The van der Waals surface area contributed by atoms with Gasteiger partial charge in [-0.05, 0) is 6.07 Å². The van der Waals surface area contributed by atoms with Gasteiger partial charge in [-0.25, -0.2) is 4.98 Å². The van der Waals surface area contributed by atoms with E-state index in [0.717, 1.165) is 5.56 Å². The maximum Gasteiger partial charge on any atom is 0.307 e. The molecule has 21 heavy (non-hydrogen) atoms. The van der Waals surface area contributed by atoms with Gasteiger partial charge in [0.05, 0.1) is 24.8 Å². The molecule has 110 valence electrons. The summed E-state index contributed by atoms with van der Waals surface area (Å²) >= 11 is 7.35. The zero-order valence-electron chi connectivity index (χ0n) is 11.3. The first-order valence-electron chi connectivity index (χ1n) is 6.17. The number of hydrogen-bond acceptors (Lipinski definition) is 5. The highest BCUT2D eigenvalue weighted by molar-refractivity contribution is 7.17. The zero-order chi connectivity index (χ0) is 15.2. The van der Waals surface area contributed by atoms with Gasteiger partial charge in [-0.1, -0.05) is 29.8 Å². The average molecular weight is 325 g/mol. The molecule has 1 aromatic heterocycles. The van der Waals surface area contributed by atoms with E-state index in [0.29, 0.717) is 14.9 Å². The first-order chi connectivity index (χ1) is 10.1. The Kier molecular flexibility index (Phi) is 5.30. The number of rotatable bonds is 5. The highest BCUT2D eigenvalue weighted by Gasteiger charge is 2.13. The number of amides is 1. The van der Waals surface area contributed by atoms with E-state index in [1.165, 1.54) is 24.6 Å². The first kappa shape index (κ1) is 15.5. The Labute approximate surface area is 130 Å². The van der Waals surface area contributed by atoms with Crippen LogP contribution in [-0.2, 0) is 9.53 Å². The second-order valence-corrected chi connectivity index (χ2v) is 5.53. The molecule has 0 aliphatic carbocycles. The lowest BCUT2D eigenvalue weighted by Crippen LogP contribution is -2.25. The molecule has 0 atom stereocenters. The van der Waals surface area contributed by atoms with Gasteiger partial charge in [0.15, 0.2) is 0 Å². The van der Waals surface area contributed by atoms with E-state index in [1.807, 2.05) is 18.2 Å². The summed E-state index contributed by atoms with van der Waals surface area (Å²) in [6.07, 6.45) is 1.63. The Hall–Kier alpha value is -1.92. The molecule has 1 N–H and O–H groups in total. The number of methoxy groups -OCH3 is 1. The van der Waals surface area contributed by atoms with E-state index < -0.39 is 0 Å². The summed E-state index contributed by atoms with van der Waals surface area (Å²) in [4.78, 5) is 27.6. The lowest BCUT2D eigenvalue weighted by Gasteiger charge is -2.01. The minimum Gasteiger partial charge on any atom is -0.469 e. The molecule has 2 rings (SSSR count). The van der Waals surface area contributed by atoms with E-state index in [4.69, 9.17) is 11.6 Å². The van der Waals surface area contributed by atoms with Gasteiger partial charge >= 0.3 is 5.97 Å². The van der Waals surface area contributed by atoms with Crippen LogP contribution in [0.2, 0.25) is 5.02 Å². The summed E-state index contributed by atoms with van der Waals surface area (Å²) in [6.45, 7) is 0.227. The fraction of sp³-hybridized carbons (Fsp3) is 0.214. The molecule has 7 heteroatoms. The van der Waals surface area contributed by atoms with Crippen LogP contribution in [0.25, 0.3) is 10.6 Å². The van der Waals surface area contributed by atoms with Crippen molar-refractivity contribution in [1.29, 1.82) is 0 Å². The molecule has 0 unspecified atom stereocenters. The highest BCUT2D eigenvalue weighted by Crippen LogP contribution is 2.30. The fourth-order valence-corrected chi connectivity index (χ4v) is 2.76. The number of carbonyl (C=O) groups excluding carboxylic acids is 2. The zero-order valence-corrected chi connectivity index (χ0v) is 12.8. The van der Waals surface area contributed by atoms with E-state index >= 15 is 0 Å². The van der Waals surface area contributed by atoms with Crippen molar-refractivity contribution in [3.05, 3.63) is 40.4 Å². The number of thiazole rings is 1. The number of esters is 1. The third-order valence-electron chi connectivity index (χ3n) is 2.68. The largest absolute Gasteiger partial charge is 0.469 e. The molecule has 1 heterocycles. The van der Waals surface area contributed by atoms with Crippen molar-refractivity contribution in [3.8, 4) is 10.6 Å². The number of nitrogens with one attached hydrogen (secondary N) is 1. The molecule has 0 saturated carbocycles. The molecule has 1 amide bonds. The van der Waals surface area contributed by atoms with Gasteiger partial charge in [-0.2, -0.15) is 0 Å². The summed E-state index contributed by atoms with van der Waals surface area (Å²) in [5.74, 6) is -0.633. The molecule has 1 aromatic carbocycles. The number of halogens is 1. The molecule has 0 fully saturated rings. The van der Waals surface area contributed by atoms with Gasteiger partial charge < -0.3 is 10.1 Å². The van der Waals surface area contributed by atoms with Crippen molar-refractivity contribution in [2.24, 2.45) is 0 Å². The van der Waals surface area contributed by atoms with Crippen molar-refractivity contribution in [2.75, 3.05) is 13.7 Å². The number of ether oxygens (including phenoxy) is 1. The Balaban J connectivity index is 2.01. The second kappa shape index (κ2) is 7.19. The molecule has 0 bridgehead atoms. The molecule has 0 aliphatic rings. The summed E-state index contributed by atoms with van der Waals surface area (Å²) in [7, 11) is 1.31. The molecule has 0 saturated heterocycles. The lowest BCUT2D eigenvalue weighted by atomic mass is 10.2. The molecule has 0 aliphatic heterocycles. The monoisotopic (exact) mass is 324 g/mol. The van der Waals surface area contributed by atoms with Crippen LogP contribution in [0.15, 0.2) is 30.5 Å².